The summed E-state index contributed by atoms with van der Waals surface area (Å²) in [7, 11) is 0. The van der Waals surface area contributed by atoms with Gasteiger partial charge in [0.05, 0.1) is 6.61 Å². The first-order chi connectivity index (χ1) is 10.2. The third-order valence-electron chi connectivity index (χ3n) is 3.26. The van der Waals surface area contributed by atoms with Crippen molar-refractivity contribution in [1.29, 1.82) is 0 Å². The number of carbonyl (C=O) groups is 1. The van der Waals surface area contributed by atoms with Gasteiger partial charge < -0.3 is 4.74 Å². The van der Waals surface area contributed by atoms with Crippen LogP contribution in [0.2, 0.25) is 0 Å². The molecule has 0 aromatic heterocycles. The zero-order valence-corrected chi connectivity index (χ0v) is 12.4. The number of halogens is 1. The van der Waals surface area contributed by atoms with Gasteiger partial charge in [0, 0.05) is 5.92 Å². The lowest BCUT2D eigenvalue weighted by Crippen LogP contribution is -2.27. The fourth-order valence-electron chi connectivity index (χ4n) is 2.18. The minimum Gasteiger partial charge on any atom is -0.363 e. The van der Waals surface area contributed by atoms with E-state index in [2.05, 4.69) is 6.58 Å². The molecule has 108 valence electrons. The number of rotatable bonds is 7. The largest absolute Gasteiger partial charge is 0.363 e. The summed E-state index contributed by atoms with van der Waals surface area (Å²) in [6, 6.07) is 19.3. The van der Waals surface area contributed by atoms with Gasteiger partial charge in [0.2, 0.25) is 0 Å². The van der Waals surface area contributed by atoms with Crippen molar-refractivity contribution in [3.05, 3.63) is 84.4 Å². The van der Waals surface area contributed by atoms with Gasteiger partial charge in [-0.15, -0.1) is 6.58 Å². The Kier molecular flexibility index (Phi) is 5.73. The number of hydrogen-bond acceptors (Lipinski definition) is 2. The summed E-state index contributed by atoms with van der Waals surface area (Å²) >= 11 is 5.72. The summed E-state index contributed by atoms with van der Waals surface area (Å²) < 4.78 is 5.74. The van der Waals surface area contributed by atoms with E-state index in [1.54, 1.807) is 6.08 Å². The normalized spacial score (nSPS) is 13.4. The fourth-order valence-corrected chi connectivity index (χ4v) is 2.38. The maximum absolute atomic E-state index is 11.7. The minimum atomic E-state index is -0.744. The quantitative estimate of drug-likeness (QED) is 0.563. The van der Waals surface area contributed by atoms with Crippen molar-refractivity contribution < 1.29 is 9.53 Å². The van der Waals surface area contributed by atoms with Crippen LogP contribution in [0.25, 0.3) is 0 Å². The molecule has 2 nitrogen and oxygen atoms in total. The van der Waals surface area contributed by atoms with Gasteiger partial charge in [-0.25, -0.2) is 0 Å². The first-order valence-corrected chi connectivity index (χ1v) is 7.12. The van der Waals surface area contributed by atoms with Gasteiger partial charge >= 0.3 is 0 Å². The Morgan fingerprint density at radius 3 is 2.19 bits per heavy atom. The van der Waals surface area contributed by atoms with Gasteiger partial charge in [-0.1, -0.05) is 66.7 Å². The molecule has 0 fully saturated rings. The van der Waals surface area contributed by atoms with Crippen LogP contribution >= 0.6 is 11.6 Å². The third kappa shape index (κ3) is 4.28. The van der Waals surface area contributed by atoms with Crippen molar-refractivity contribution in [3.8, 4) is 0 Å². The highest BCUT2D eigenvalue weighted by molar-refractivity contribution is 6.64. The standard InChI is InChI=1S/C18H17ClO2/c1-2-16(15-11-7-4-8-12-15)17(18(19)20)21-13-14-9-5-3-6-10-14/h2-12,16-17H,1,13H2. The SMILES string of the molecule is C=CC(c1ccccc1)C(OCc1ccccc1)C(=O)Cl. The molecule has 2 unspecified atom stereocenters. The molecule has 0 spiro atoms. The highest BCUT2D eigenvalue weighted by Gasteiger charge is 2.27. The van der Waals surface area contributed by atoms with Crippen LogP contribution in [0.5, 0.6) is 0 Å². The van der Waals surface area contributed by atoms with Crippen LogP contribution in [0.3, 0.4) is 0 Å². The van der Waals surface area contributed by atoms with E-state index < -0.39 is 11.3 Å². The molecule has 2 atom stereocenters. The Labute approximate surface area is 130 Å². The zero-order chi connectivity index (χ0) is 15.1. The molecule has 0 saturated heterocycles. The third-order valence-corrected chi connectivity index (χ3v) is 3.48. The van der Waals surface area contributed by atoms with Gasteiger partial charge in [-0.05, 0) is 22.7 Å². The van der Waals surface area contributed by atoms with Crippen molar-refractivity contribution in [2.75, 3.05) is 0 Å². The molecule has 0 heterocycles. The second-order valence-corrected chi connectivity index (χ2v) is 5.07. The van der Waals surface area contributed by atoms with Crippen molar-refractivity contribution in [3.63, 3.8) is 0 Å². The molecule has 3 heteroatoms. The second-order valence-electron chi connectivity index (χ2n) is 4.69. The molecule has 2 rings (SSSR count). The minimum absolute atomic E-state index is 0.264. The number of benzene rings is 2. The maximum Gasteiger partial charge on any atom is 0.251 e. The Balaban J connectivity index is 2.14. The van der Waals surface area contributed by atoms with Crippen LogP contribution in [-0.4, -0.2) is 11.3 Å². The first-order valence-electron chi connectivity index (χ1n) is 6.74. The lowest BCUT2D eigenvalue weighted by Gasteiger charge is -2.22. The molecule has 21 heavy (non-hydrogen) atoms. The Bertz CT molecular complexity index is 581. The molecular formula is C18H17ClO2. The van der Waals surface area contributed by atoms with Crippen molar-refractivity contribution in [2.24, 2.45) is 0 Å². The molecule has 0 N–H and O–H groups in total. The van der Waals surface area contributed by atoms with Crippen LogP contribution in [-0.2, 0) is 16.1 Å². The fraction of sp³-hybridized carbons (Fsp3) is 0.167. The number of hydrogen-bond donors (Lipinski definition) is 0. The summed E-state index contributed by atoms with van der Waals surface area (Å²) in [5, 5.41) is -0.514. The van der Waals surface area contributed by atoms with Crippen LogP contribution in [0.4, 0.5) is 0 Å². The van der Waals surface area contributed by atoms with Crippen molar-refractivity contribution in [1.82, 2.24) is 0 Å². The Hall–Kier alpha value is -1.90. The van der Waals surface area contributed by atoms with Crippen molar-refractivity contribution in [2.45, 2.75) is 18.6 Å². The second kappa shape index (κ2) is 7.77. The van der Waals surface area contributed by atoms with E-state index >= 15 is 0 Å². The van der Waals surface area contributed by atoms with E-state index in [-0.39, 0.29) is 5.92 Å². The molecule has 0 radical (unpaired) electrons. The summed E-state index contributed by atoms with van der Waals surface area (Å²) in [6.45, 7) is 4.14. The van der Waals surface area contributed by atoms with Crippen LogP contribution in [0, 0.1) is 0 Å². The van der Waals surface area contributed by atoms with Gasteiger partial charge in [0.1, 0.15) is 6.10 Å². The van der Waals surface area contributed by atoms with Gasteiger partial charge in [0.25, 0.3) is 5.24 Å². The van der Waals surface area contributed by atoms with E-state index in [1.807, 2.05) is 60.7 Å². The number of carbonyl (C=O) groups excluding carboxylic acids is 1. The van der Waals surface area contributed by atoms with E-state index in [1.165, 1.54) is 0 Å². The Morgan fingerprint density at radius 1 is 1.10 bits per heavy atom. The molecule has 0 aliphatic heterocycles. The topological polar surface area (TPSA) is 26.3 Å². The molecule has 0 bridgehead atoms. The molecular weight excluding hydrogens is 284 g/mol. The van der Waals surface area contributed by atoms with E-state index in [4.69, 9.17) is 16.3 Å². The first kappa shape index (κ1) is 15.5. The van der Waals surface area contributed by atoms with Gasteiger partial charge in [-0.3, -0.25) is 4.79 Å². The van der Waals surface area contributed by atoms with Gasteiger partial charge in [-0.2, -0.15) is 0 Å². The lowest BCUT2D eigenvalue weighted by molar-refractivity contribution is -0.123. The predicted molar refractivity (Wildman–Crippen MR) is 85.3 cm³/mol. The molecule has 2 aromatic rings. The maximum atomic E-state index is 11.7. The zero-order valence-electron chi connectivity index (χ0n) is 11.6. The highest BCUT2D eigenvalue weighted by Crippen LogP contribution is 2.25. The van der Waals surface area contributed by atoms with E-state index in [0.29, 0.717) is 6.61 Å². The summed E-state index contributed by atoms with van der Waals surface area (Å²) in [4.78, 5) is 11.7. The van der Waals surface area contributed by atoms with Crippen LogP contribution < -0.4 is 0 Å². The Morgan fingerprint density at radius 2 is 1.67 bits per heavy atom. The summed E-state index contributed by atoms with van der Waals surface area (Å²) in [5.41, 5.74) is 1.95. The smallest absolute Gasteiger partial charge is 0.251 e. The summed E-state index contributed by atoms with van der Waals surface area (Å²) in [5.74, 6) is -0.264. The van der Waals surface area contributed by atoms with Gasteiger partial charge in [0.15, 0.2) is 0 Å². The molecule has 2 aromatic carbocycles. The molecule has 0 saturated carbocycles. The molecule has 0 amide bonds. The van der Waals surface area contributed by atoms with Crippen molar-refractivity contribution >= 4 is 16.8 Å². The molecule has 0 aliphatic carbocycles. The number of ether oxygens (including phenoxy) is 1. The predicted octanol–water partition coefficient (Wildman–Crippen LogP) is 4.31. The highest BCUT2D eigenvalue weighted by atomic mass is 35.5. The average molecular weight is 301 g/mol. The molecule has 0 aliphatic rings. The average Bonchev–Trinajstić information content (AvgIpc) is 2.53. The van der Waals surface area contributed by atoms with E-state index in [9.17, 15) is 4.79 Å². The lowest BCUT2D eigenvalue weighted by atomic mass is 9.94. The van der Waals surface area contributed by atoms with E-state index in [0.717, 1.165) is 11.1 Å². The summed E-state index contributed by atoms with van der Waals surface area (Å²) in [6.07, 6.45) is 0.956. The van der Waals surface area contributed by atoms with Crippen LogP contribution in [0.15, 0.2) is 73.3 Å². The monoisotopic (exact) mass is 300 g/mol. The van der Waals surface area contributed by atoms with Crippen LogP contribution in [0.1, 0.15) is 17.0 Å².